The molecule has 0 radical (unpaired) electrons. The van der Waals surface area contributed by atoms with Crippen molar-refractivity contribution in [2.45, 2.75) is 69.8 Å². The molecule has 4 atom stereocenters. The number of nitrogens with one attached hydrogen (secondary N) is 2. The third-order valence-corrected chi connectivity index (χ3v) is 4.99. The average Bonchev–Trinajstić information content (AvgIpc) is 3.03. The number of carboxylic acid groups (broad SMARTS) is 2. The summed E-state index contributed by atoms with van der Waals surface area (Å²) in [6.07, 6.45) is 2.01. The van der Waals surface area contributed by atoms with Gasteiger partial charge in [0.05, 0.1) is 12.6 Å². The van der Waals surface area contributed by atoms with Crippen LogP contribution in [0.15, 0.2) is 12.2 Å². The number of rotatable bonds is 10. The van der Waals surface area contributed by atoms with Gasteiger partial charge in [0.15, 0.2) is 0 Å². The molecule has 0 spiro atoms. The molecule has 6 N–H and O–H groups in total. The van der Waals surface area contributed by atoms with Gasteiger partial charge in [-0.25, -0.2) is 4.79 Å². The van der Waals surface area contributed by atoms with Gasteiger partial charge in [0.2, 0.25) is 5.91 Å². The van der Waals surface area contributed by atoms with Crippen LogP contribution < -0.4 is 10.6 Å². The van der Waals surface area contributed by atoms with Gasteiger partial charge in [-0.1, -0.05) is 25.0 Å². The van der Waals surface area contributed by atoms with Crippen LogP contribution in [-0.2, 0) is 14.4 Å². The summed E-state index contributed by atoms with van der Waals surface area (Å²) < 4.78 is 31.7. The highest BCUT2D eigenvalue weighted by molar-refractivity contribution is 5.75. The first-order chi connectivity index (χ1) is 14.3. The summed E-state index contributed by atoms with van der Waals surface area (Å²) >= 11 is 0. The number of aliphatic hydroxyl groups excluding tert-OH is 2. The summed E-state index contributed by atoms with van der Waals surface area (Å²) in [5.41, 5.74) is -0.717. The molecule has 0 aromatic carbocycles. The Labute approximate surface area is 178 Å². The maximum Gasteiger partial charge on any atom is 0.490 e. The number of aliphatic hydroxyl groups is 2. The molecule has 180 valence electrons. The Morgan fingerprint density at radius 2 is 1.77 bits per heavy atom. The number of carbonyl (C=O) groups is 3. The van der Waals surface area contributed by atoms with Crippen molar-refractivity contribution in [2.75, 3.05) is 13.2 Å². The number of alkyl halides is 3. The monoisotopic (exact) mass is 456 g/mol. The van der Waals surface area contributed by atoms with Crippen molar-refractivity contribution in [2.24, 2.45) is 5.92 Å². The number of hydrogen-bond donors (Lipinski definition) is 6. The maximum absolute atomic E-state index is 11.6. The van der Waals surface area contributed by atoms with E-state index in [0.717, 1.165) is 12.8 Å². The molecule has 0 unspecified atom stereocenters. The highest BCUT2D eigenvalue weighted by Gasteiger charge is 2.52. The van der Waals surface area contributed by atoms with E-state index in [-0.39, 0.29) is 25.0 Å². The van der Waals surface area contributed by atoms with Crippen molar-refractivity contribution < 1.29 is 48.0 Å². The largest absolute Gasteiger partial charge is 0.490 e. The Kier molecular flexibility index (Phi) is 12.3. The van der Waals surface area contributed by atoms with Gasteiger partial charge in [0.25, 0.3) is 0 Å². The van der Waals surface area contributed by atoms with E-state index >= 15 is 0 Å². The number of amides is 1. The van der Waals surface area contributed by atoms with E-state index in [9.17, 15) is 33.0 Å². The van der Waals surface area contributed by atoms with E-state index in [0.29, 0.717) is 19.3 Å². The SMILES string of the molecule is C/C=C\[C@@H]1C[C@H](C(=O)O)N[C@@]1(CCCCCO)[C@H](CO)NC(C)=O.O=C(O)C(F)(F)F. The van der Waals surface area contributed by atoms with Gasteiger partial charge in [-0.15, -0.1) is 0 Å². The van der Waals surface area contributed by atoms with Gasteiger partial charge in [-0.05, 0) is 32.1 Å². The van der Waals surface area contributed by atoms with Gasteiger partial charge in [0, 0.05) is 19.1 Å². The lowest BCUT2D eigenvalue weighted by atomic mass is 9.75. The lowest BCUT2D eigenvalue weighted by molar-refractivity contribution is -0.192. The fraction of sp³-hybridized carbons (Fsp3) is 0.737. The first kappa shape index (κ1) is 28.8. The van der Waals surface area contributed by atoms with Crippen LogP contribution in [-0.4, -0.2) is 75.3 Å². The summed E-state index contributed by atoms with van der Waals surface area (Å²) in [5.74, 6) is -4.06. The van der Waals surface area contributed by atoms with Gasteiger partial charge >= 0.3 is 18.1 Å². The van der Waals surface area contributed by atoms with Crippen LogP contribution in [0.3, 0.4) is 0 Å². The molecular formula is C19H31F3N2O7. The number of aliphatic carboxylic acids is 2. The number of unbranched alkanes of at least 4 members (excludes halogenated alkanes) is 2. The zero-order valence-corrected chi connectivity index (χ0v) is 17.5. The number of carboxylic acids is 2. The van der Waals surface area contributed by atoms with Crippen LogP contribution in [0.5, 0.6) is 0 Å². The molecule has 0 aromatic rings. The van der Waals surface area contributed by atoms with E-state index in [1.807, 2.05) is 19.1 Å². The summed E-state index contributed by atoms with van der Waals surface area (Å²) in [7, 11) is 0. The molecule has 1 rings (SSSR count). The molecule has 1 fully saturated rings. The van der Waals surface area contributed by atoms with Crippen LogP contribution in [0.1, 0.15) is 46.0 Å². The number of hydrogen-bond acceptors (Lipinski definition) is 6. The average molecular weight is 456 g/mol. The number of carbonyl (C=O) groups excluding carboxylic acids is 1. The zero-order valence-electron chi connectivity index (χ0n) is 17.5. The van der Waals surface area contributed by atoms with Crippen molar-refractivity contribution in [1.29, 1.82) is 0 Å². The minimum absolute atomic E-state index is 0.110. The maximum atomic E-state index is 11.6. The third kappa shape index (κ3) is 9.23. The zero-order chi connectivity index (χ0) is 24.2. The first-order valence-electron chi connectivity index (χ1n) is 9.77. The Morgan fingerprint density at radius 3 is 2.16 bits per heavy atom. The highest BCUT2D eigenvalue weighted by atomic mass is 19.4. The van der Waals surface area contributed by atoms with E-state index < -0.39 is 35.7 Å². The molecule has 1 heterocycles. The molecule has 0 bridgehead atoms. The normalized spacial score (nSPS) is 24.4. The van der Waals surface area contributed by atoms with E-state index in [1.165, 1.54) is 6.92 Å². The minimum Gasteiger partial charge on any atom is -0.480 e. The quantitative estimate of drug-likeness (QED) is 0.210. The molecule has 0 aliphatic carbocycles. The van der Waals surface area contributed by atoms with Crippen LogP contribution in [0.4, 0.5) is 13.2 Å². The van der Waals surface area contributed by atoms with Crippen molar-refractivity contribution in [3.8, 4) is 0 Å². The number of allylic oxidation sites excluding steroid dienone is 1. The van der Waals surface area contributed by atoms with E-state index in [4.69, 9.17) is 15.0 Å². The predicted octanol–water partition coefficient (Wildman–Crippen LogP) is 1.05. The minimum atomic E-state index is -5.08. The Balaban J connectivity index is 0.00000110. The van der Waals surface area contributed by atoms with Gasteiger partial charge in [-0.3, -0.25) is 14.9 Å². The molecular weight excluding hydrogens is 425 g/mol. The fourth-order valence-electron chi connectivity index (χ4n) is 3.68. The summed E-state index contributed by atoms with van der Waals surface area (Å²) in [6, 6.07) is -1.29. The van der Waals surface area contributed by atoms with Gasteiger partial charge in [-0.2, -0.15) is 13.2 Å². The lowest BCUT2D eigenvalue weighted by Crippen LogP contribution is -2.63. The smallest absolute Gasteiger partial charge is 0.480 e. The summed E-state index contributed by atoms with van der Waals surface area (Å²) in [5, 5.41) is 41.3. The Bertz CT molecular complexity index is 628. The van der Waals surface area contributed by atoms with Crippen molar-refractivity contribution in [3.05, 3.63) is 12.2 Å². The second-order valence-corrected chi connectivity index (χ2v) is 7.22. The molecule has 0 aromatic heterocycles. The Hall–Kier alpha value is -2.18. The molecule has 1 amide bonds. The summed E-state index contributed by atoms with van der Waals surface area (Å²) in [4.78, 5) is 31.9. The van der Waals surface area contributed by atoms with Crippen LogP contribution in [0.25, 0.3) is 0 Å². The van der Waals surface area contributed by atoms with Crippen molar-refractivity contribution in [3.63, 3.8) is 0 Å². The fourth-order valence-corrected chi connectivity index (χ4v) is 3.68. The Morgan fingerprint density at radius 1 is 1.19 bits per heavy atom. The first-order valence-corrected chi connectivity index (χ1v) is 9.77. The molecule has 12 heteroatoms. The molecule has 0 saturated carbocycles. The van der Waals surface area contributed by atoms with Gasteiger partial charge in [0.1, 0.15) is 6.04 Å². The van der Waals surface area contributed by atoms with Crippen LogP contribution in [0.2, 0.25) is 0 Å². The second-order valence-electron chi connectivity index (χ2n) is 7.22. The predicted molar refractivity (Wildman–Crippen MR) is 104 cm³/mol. The lowest BCUT2D eigenvalue weighted by Gasteiger charge is -2.41. The van der Waals surface area contributed by atoms with E-state index in [1.54, 1.807) is 0 Å². The topological polar surface area (TPSA) is 156 Å². The second kappa shape index (κ2) is 13.3. The van der Waals surface area contributed by atoms with Crippen molar-refractivity contribution in [1.82, 2.24) is 10.6 Å². The molecule has 9 nitrogen and oxygen atoms in total. The molecule has 1 aliphatic rings. The van der Waals surface area contributed by atoms with Crippen LogP contribution >= 0.6 is 0 Å². The molecule has 1 aliphatic heterocycles. The summed E-state index contributed by atoms with van der Waals surface area (Å²) in [6.45, 7) is 3.10. The standard InChI is InChI=1S/C17H30N2O5.C2HF3O2/c1-3-7-13-10-14(16(23)24)19-17(13,8-5-4-6-9-20)15(11-21)18-12(2)22;3-2(4,5)1(6)7/h3,7,13-15,19-21H,4-6,8-11H2,1-2H3,(H,18,22)(H,23,24);(H,6,7)/b7-3-;/t13-,14-,15+,17-;/m1./s1. The third-order valence-electron chi connectivity index (χ3n) is 4.99. The molecule has 31 heavy (non-hydrogen) atoms. The highest BCUT2D eigenvalue weighted by Crippen LogP contribution is 2.38. The molecule has 1 saturated heterocycles. The van der Waals surface area contributed by atoms with Crippen molar-refractivity contribution >= 4 is 17.8 Å². The van der Waals surface area contributed by atoms with Gasteiger partial charge < -0.3 is 25.7 Å². The van der Waals surface area contributed by atoms with E-state index in [2.05, 4.69) is 10.6 Å². The number of halogens is 3. The van der Waals surface area contributed by atoms with Crippen LogP contribution in [0, 0.1) is 5.92 Å².